The predicted octanol–water partition coefficient (Wildman–Crippen LogP) is 2.80. The molecule has 3 rings (SSSR count). The summed E-state index contributed by atoms with van der Waals surface area (Å²) in [7, 11) is -3.55. The average molecular weight is 469 g/mol. The van der Waals surface area contributed by atoms with Crippen LogP contribution in [0.1, 0.15) is 5.56 Å². The number of sulfonamides is 1. The van der Waals surface area contributed by atoms with E-state index in [1.807, 2.05) is 19.1 Å². The molecule has 1 aliphatic rings. The highest BCUT2D eigenvalue weighted by atomic mass is 79.9. The molecule has 1 aliphatic heterocycles. The van der Waals surface area contributed by atoms with Crippen LogP contribution in [0.25, 0.3) is 0 Å². The lowest BCUT2D eigenvalue weighted by Crippen LogP contribution is -2.40. The van der Waals surface area contributed by atoms with Crippen LogP contribution < -0.4 is 10.1 Å². The molecule has 150 valence electrons. The highest BCUT2D eigenvalue weighted by Crippen LogP contribution is 2.22. The Morgan fingerprint density at radius 3 is 2.50 bits per heavy atom. The number of carbonyl (C=O) groups is 1. The summed E-state index contributed by atoms with van der Waals surface area (Å²) in [5.41, 5.74) is 1.51. The lowest BCUT2D eigenvalue weighted by Gasteiger charge is -2.26. The average Bonchev–Trinajstić information content (AvgIpc) is 2.70. The Morgan fingerprint density at radius 2 is 1.86 bits per heavy atom. The molecular formula is C19H21BrN2O5S. The molecular weight excluding hydrogens is 448 g/mol. The van der Waals surface area contributed by atoms with E-state index in [-0.39, 0.29) is 17.4 Å². The third kappa shape index (κ3) is 5.11. The minimum Gasteiger partial charge on any atom is -0.484 e. The molecule has 2 aromatic rings. The number of hydrogen-bond donors (Lipinski definition) is 1. The Bertz CT molecular complexity index is 941. The number of nitrogens with zero attached hydrogens (tertiary/aromatic N) is 1. The molecule has 28 heavy (non-hydrogen) atoms. The van der Waals surface area contributed by atoms with Crippen molar-refractivity contribution < 1.29 is 22.7 Å². The summed E-state index contributed by atoms with van der Waals surface area (Å²) in [5.74, 6) is 0.271. The van der Waals surface area contributed by atoms with Gasteiger partial charge in [-0.25, -0.2) is 8.42 Å². The predicted molar refractivity (Wildman–Crippen MR) is 109 cm³/mol. The van der Waals surface area contributed by atoms with Crippen molar-refractivity contribution in [3.8, 4) is 5.75 Å². The van der Waals surface area contributed by atoms with E-state index in [9.17, 15) is 13.2 Å². The molecule has 0 radical (unpaired) electrons. The van der Waals surface area contributed by atoms with E-state index in [2.05, 4.69) is 21.2 Å². The molecule has 0 saturated carbocycles. The van der Waals surface area contributed by atoms with Crippen molar-refractivity contribution in [3.05, 3.63) is 52.5 Å². The normalized spacial score (nSPS) is 15.2. The van der Waals surface area contributed by atoms with Crippen LogP contribution in [-0.4, -0.2) is 51.5 Å². The van der Waals surface area contributed by atoms with E-state index in [0.717, 1.165) is 10.0 Å². The first kappa shape index (κ1) is 20.8. The number of amides is 1. The summed E-state index contributed by atoms with van der Waals surface area (Å²) in [6.07, 6.45) is 0. The van der Waals surface area contributed by atoms with Gasteiger partial charge in [-0.15, -0.1) is 0 Å². The summed E-state index contributed by atoms with van der Waals surface area (Å²) in [6.45, 7) is 3.26. The number of carbonyl (C=O) groups excluding carboxylic acids is 1. The van der Waals surface area contributed by atoms with Crippen molar-refractivity contribution in [1.82, 2.24) is 4.31 Å². The van der Waals surface area contributed by atoms with Gasteiger partial charge in [0, 0.05) is 23.2 Å². The molecule has 1 amide bonds. The van der Waals surface area contributed by atoms with Gasteiger partial charge in [-0.3, -0.25) is 4.79 Å². The van der Waals surface area contributed by atoms with E-state index >= 15 is 0 Å². The van der Waals surface area contributed by atoms with E-state index in [0.29, 0.717) is 37.7 Å². The van der Waals surface area contributed by atoms with Crippen molar-refractivity contribution in [3.63, 3.8) is 0 Å². The van der Waals surface area contributed by atoms with Crippen molar-refractivity contribution in [2.24, 2.45) is 0 Å². The van der Waals surface area contributed by atoms with Crippen LogP contribution in [0.3, 0.4) is 0 Å². The Balaban J connectivity index is 1.57. The fourth-order valence-corrected chi connectivity index (χ4v) is 4.35. The van der Waals surface area contributed by atoms with Crippen molar-refractivity contribution in [1.29, 1.82) is 0 Å². The van der Waals surface area contributed by atoms with Crippen LogP contribution in [-0.2, 0) is 19.6 Å². The van der Waals surface area contributed by atoms with Crippen LogP contribution in [0.2, 0.25) is 0 Å². The molecule has 2 aromatic carbocycles. The molecule has 1 N–H and O–H groups in total. The number of nitrogens with one attached hydrogen (secondary N) is 1. The molecule has 0 aliphatic carbocycles. The second-order valence-corrected chi connectivity index (χ2v) is 9.08. The molecule has 9 heteroatoms. The smallest absolute Gasteiger partial charge is 0.262 e. The van der Waals surface area contributed by atoms with Gasteiger partial charge in [0.05, 0.1) is 18.1 Å². The highest BCUT2D eigenvalue weighted by molar-refractivity contribution is 9.10. The lowest BCUT2D eigenvalue weighted by molar-refractivity contribution is -0.118. The molecule has 1 fully saturated rings. The van der Waals surface area contributed by atoms with Gasteiger partial charge in [-0.1, -0.05) is 15.9 Å². The Labute approximate surface area is 172 Å². The quantitative estimate of drug-likeness (QED) is 0.704. The highest BCUT2D eigenvalue weighted by Gasteiger charge is 2.26. The van der Waals surface area contributed by atoms with Gasteiger partial charge >= 0.3 is 0 Å². The van der Waals surface area contributed by atoms with E-state index in [4.69, 9.17) is 9.47 Å². The summed E-state index contributed by atoms with van der Waals surface area (Å²) in [4.78, 5) is 12.3. The number of benzene rings is 2. The number of hydrogen-bond acceptors (Lipinski definition) is 5. The monoisotopic (exact) mass is 468 g/mol. The molecule has 0 bridgehead atoms. The zero-order valence-electron chi connectivity index (χ0n) is 15.4. The third-order valence-electron chi connectivity index (χ3n) is 4.25. The van der Waals surface area contributed by atoms with Gasteiger partial charge in [0.15, 0.2) is 6.61 Å². The molecule has 1 heterocycles. The Kier molecular flexibility index (Phi) is 6.71. The van der Waals surface area contributed by atoms with E-state index in [1.165, 1.54) is 16.4 Å². The van der Waals surface area contributed by atoms with Gasteiger partial charge in [-0.05, 0) is 55.0 Å². The van der Waals surface area contributed by atoms with Crippen LogP contribution in [0.5, 0.6) is 5.75 Å². The number of morpholine rings is 1. The number of aryl methyl sites for hydroxylation is 1. The summed E-state index contributed by atoms with van der Waals surface area (Å²) < 4.78 is 38.2. The minimum atomic E-state index is -3.55. The maximum Gasteiger partial charge on any atom is 0.262 e. The Hall–Kier alpha value is -1.94. The van der Waals surface area contributed by atoms with Gasteiger partial charge in [0.2, 0.25) is 10.0 Å². The number of anilines is 1. The lowest BCUT2D eigenvalue weighted by atomic mass is 10.2. The largest absolute Gasteiger partial charge is 0.484 e. The van der Waals surface area contributed by atoms with Gasteiger partial charge < -0.3 is 14.8 Å². The molecule has 0 aromatic heterocycles. The second-order valence-electron chi connectivity index (χ2n) is 6.29. The molecule has 1 saturated heterocycles. The van der Waals surface area contributed by atoms with Crippen LogP contribution in [0.4, 0.5) is 5.69 Å². The molecule has 0 atom stereocenters. The number of halogens is 1. The Morgan fingerprint density at radius 1 is 1.18 bits per heavy atom. The van der Waals surface area contributed by atoms with E-state index in [1.54, 1.807) is 18.2 Å². The van der Waals surface area contributed by atoms with Gasteiger partial charge in [0.1, 0.15) is 5.75 Å². The third-order valence-corrected chi connectivity index (χ3v) is 7.05. The number of rotatable bonds is 6. The van der Waals surface area contributed by atoms with Crippen molar-refractivity contribution in [2.45, 2.75) is 11.8 Å². The van der Waals surface area contributed by atoms with Crippen molar-refractivity contribution >= 4 is 37.5 Å². The molecule has 0 unspecified atom stereocenters. The maximum absolute atomic E-state index is 12.6. The summed E-state index contributed by atoms with van der Waals surface area (Å²) in [6, 6.07) is 11.6. The standard InChI is InChI=1S/C19H21BrN2O5S/c1-14-12-16(4-7-18(14)20)27-13-19(23)21-15-2-5-17(6-3-15)28(24,25)22-8-10-26-11-9-22/h2-7,12H,8-11,13H2,1H3,(H,21,23). The minimum absolute atomic E-state index is 0.144. The zero-order valence-corrected chi connectivity index (χ0v) is 17.8. The first-order valence-electron chi connectivity index (χ1n) is 8.73. The summed E-state index contributed by atoms with van der Waals surface area (Å²) in [5, 5.41) is 2.69. The second kappa shape index (κ2) is 9.04. The van der Waals surface area contributed by atoms with Gasteiger partial charge in [-0.2, -0.15) is 4.31 Å². The molecule has 7 nitrogen and oxygen atoms in total. The first-order chi connectivity index (χ1) is 13.4. The fraction of sp³-hybridized carbons (Fsp3) is 0.316. The van der Waals surface area contributed by atoms with Gasteiger partial charge in [0.25, 0.3) is 5.91 Å². The molecule has 0 spiro atoms. The maximum atomic E-state index is 12.6. The van der Waals surface area contributed by atoms with Crippen LogP contribution >= 0.6 is 15.9 Å². The summed E-state index contributed by atoms with van der Waals surface area (Å²) >= 11 is 3.41. The topological polar surface area (TPSA) is 84.9 Å². The van der Waals surface area contributed by atoms with Crippen molar-refractivity contribution in [2.75, 3.05) is 38.2 Å². The zero-order chi connectivity index (χ0) is 20.1. The number of ether oxygens (including phenoxy) is 2. The van der Waals surface area contributed by atoms with Crippen LogP contribution in [0, 0.1) is 6.92 Å². The first-order valence-corrected chi connectivity index (χ1v) is 11.0. The fourth-order valence-electron chi connectivity index (χ4n) is 2.70. The van der Waals surface area contributed by atoms with Crippen LogP contribution in [0.15, 0.2) is 51.8 Å². The van der Waals surface area contributed by atoms with E-state index < -0.39 is 10.0 Å². The SMILES string of the molecule is Cc1cc(OCC(=O)Nc2ccc(S(=O)(=O)N3CCOCC3)cc2)ccc1Br.